The van der Waals surface area contributed by atoms with Crippen LogP contribution in [0.4, 0.5) is 0 Å². The summed E-state index contributed by atoms with van der Waals surface area (Å²) in [7, 11) is 0. The van der Waals surface area contributed by atoms with Crippen molar-refractivity contribution in [3.05, 3.63) is 17.4 Å². The third kappa shape index (κ3) is 2.95. The summed E-state index contributed by atoms with van der Waals surface area (Å²) in [5.41, 5.74) is 0.328. The van der Waals surface area contributed by atoms with Crippen molar-refractivity contribution in [2.45, 2.75) is 45.1 Å². The first-order valence-electron chi connectivity index (χ1n) is 6.03. The van der Waals surface area contributed by atoms with E-state index in [1.54, 1.807) is 6.20 Å². The van der Waals surface area contributed by atoms with E-state index in [0.717, 1.165) is 17.3 Å². The van der Waals surface area contributed by atoms with Gasteiger partial charge in [-0.3, -0.25) is 4.68 Å². The van der Waals surface area contributed by atoms with Crippen molar-refractivity contribution in [1.82, 2.24) is 9.78 Å². The fraction of sp³-hybridized carbons (Fsp3) is 0.750. The van der Waals surface area contributed by atoms with Crippen LogP contribution in [0.25, 0.3) is 0 Å². The Balaban J connectivity index is 2.08. The summed E-state index contributed by atoms with van der Waals surface area (Å²) < 4.78 is 1.98. The summed E-state index contributed by atoms with van der Waals surface area (Å²) in [6, 6.07) is 0. The lowest BCUT2D eigenvalue weighted by molar-refractivity contribution is 0.230. The molecule has 0 amide bonds. The van der Waals surface area contributed by atoms with E-state index in [1.165, 1.54) is 38.5 Å². The zero-order valence-corrected chi connectivity index (χ0v) is 11.2. The van der Waals surface area contributed by atoms with Crippen LogP contribution in [-0.2, 0) is 6.54 Å². The first-order chi connectivity index (χ1) is 7.74. The summed E-state index contributed by atoms with van der Waals surface area (Å²) in [5.74, 6) is 0.949. The molecule has 1 aromatic rings. The van der Waals surface area contributed by atoms with Gasteiger partial charge in [-0.15, -0.1) is 0 Å². The highest BCUT2D eigenvalue weighted by Crippen LogP contribution is 2.37. The van der Waals surface area contributed by atoms with Gasteiger partial charge in [0.25, 0.3) is 0 Å². The summed E-state index contributed by atoms with van der Waals surface area (Å²) in [5, 5.41) is 5.01. The lowest BCUT2D eigenvalue weighted by Gasteiger charge is -2.31. The molecule has 90 valence electrons. The molecule has 1 aliphatic rings. The molecular weight excluding hydrogens is 240 g/mol. The molecule has 16 heavy (non-hydrogen) atoms. The van der Waals surface area contributed by atoms with Crippen molar-refractivity contribution in [1.29, 1.82) is 0 Å². The number of aromatic nitrogens is 2. The van der Waals surface area contributed by atoms with Gasteiger partial charge >= 0.3 is 0 Å². The Morgan fingerprint density at radius 1 is 1.31 bits per heavy atom. The number of nitrogens with zero attached hydrogens (tertiary/aromatic N) is 2. The normalized spacial score (nSPS) is 20.6. The second-order valence-electron chi connectivity index (χ2n) is 4.93. The van der Waals surface area contributed by atoms with Crippen LogP contribution in [0, 0.1) is 5.41 Å². The number of rotatable bonds is 3. The van der Waals surface area contributed by atoms with Crippen molar-refractivity contribution in [3.8, 4) is 0 Å². The molecule has 0 radical (unpaired) electrons. The van der Waals surface area contributed by atoms with E-state index >= 15 is 0 Å². The molecule has 4 heteroatoms. The fourth-order valence-electron chi connectivity index (χ4n) is 2.61. The van der Waals surface area contributed by atoms with Gasteiger partial charge in [0, 0.05) is 12.7 Å². The monoisotopic (exact) mass is 258 g/mol. The van der Waals surface area contributed by atoms with E-state index in [-0.39, 0.29) is 0 Å². The molecule has 1 saturated carbocycles. The molecule has 0 spiro atoms. The molecule has 0 bridgehead atoms. The van der Waals surface area contributed by atoms with Crippen molar-refractivity contribution >= 4 is 24.2 Å². The van der Waals surface area contributed by atoms with Gasteiger partial charge in [-0.2, -0.15) is 17.7 Å². The van der Waals surface area contributed by atoms with Crippen molar-refractivity contribution in [2.75, 3.05) is 5.75 Å². The average Bonchev–Trinajstić information content (AvgIpc) is 2.54. The third-order valence-corrected chi connectivity index (χ3v) is 4.46. The van der Waals surface area contributed by atoms with E-state index in [0.29, 0.717) is 5.41 Å². The number of halogens is 1. The third-order valence-electron chi connectivity index (χ3n) is 3.60. The van der Waals surface area contributed by atoms with Crippen LogP contribution in [-0.4, -0.2) is 15.5 Å². The second-order valence-corrected chi connectivity index (χ2v) is 5.68. The van der Waals surface area contributed by atoms with Gasteiger partial charge in [-0.1, -0.05) is 37.3 Å². The predicted molar refractivity (Wildman–Crippen MR) is 71.2 cm³/mol. The zero-order chi connectivity index (χ0) is 11.4. The lowest BCUT2D eigenvalue weighted by atomic mass is 9.82. The quantitative estimate of drug-likeness (QED) is 0.645. The van der Waals surface area contributed by atoms with Crippen molar-refractivity contribution in [2.24, 2.45) is 5.41 Å². The number of thiol groups is 1. The topological polar surface area (TPSA) is 17.8 Å². The molecule has 2 nitrogen and oxygen atoms in total. The molecular formula is C12H19ClN2S. The smallest absolute Gasteiger partial charge is 0.0785 e. The van der Waals surface area contributed by atoms with Gasteiger partial charge in [-0.05, 0) is 24.0 Å². The average molecular weight is 259 g/mol. The molecule has 0 atom stereocenters. The highest BCUT2D eigenvalue weighted by atomic mass is 35.5. The van der Waals surface area contributed by atoms with Crippen LogP contribution in [0.3, 0.4) is 0 Å². The SMILES string of the molecule is SCC1(Cn2cc(Cl)cn2)CCCCCC1. The minimum absolute atomic E-state index is 0.328. The lowest BCUT2D eigenvalue weighted by Crippen LogP contribution is -2.28. The Hall–Kier alpha value is -0.150. The minimum Gasteiger partial charge on any atom is -0.271 e. The molecule has 1 aromatic heterocycles. The fourth-order valence-corrected chi connectivity index (χ4v) is 3.19. The summed E-state index contributed by atoms with van der Waals surface area (Å²) >= 11 is 10.5. The Labute approximate surface area is 108 Å². The standard InChI is InChI=1S/C12H19ClN2S/c13-11-7-14-15(8-11)9-12(10-16)5-3-1-2-4-6-12/h7-8,16H,1-6,9-10H2. The minimum atomic E-state index is 0.328. The Kier molecular flexibility index (Phi) is 4.20. The van der Waals surface area contributed by atoms with E-state index < -0.39 is 0 Å². The summed E-state index contributed by atoms with van der Waals surface area (Å²) in [4.78, 5) is 0. The van der Waals surface area contributed by atoms with Crippen LogP contribution in [0.15, 0.2) is 12.4 Å². The van der Waals surface area contributed by atoms with Gasteiger partial charge in [0.05, 0.1) is 11.2 Å². The molecule has 0 aromatic carbocycles. The van der Waals surface area contributed by atoms with Crippen LogP contribution < -0.4 is 0 Å². The first kappa shape index (κ1) is 12.3. The highest BCUT2D eigenvalue weighted by Gasteiger charge is 2.30. The Morgan fingerprint density at radius 3 is 2.50 bits per heavy atom. The molecule has 1 aliphatic carbocycles. The number of hydrogen-bond donors (Lipinski definition) is 1. The molecule has 0 unspecified atom stereocenters. The molecule has 2 rings (SSSR count). The van der Waals surface area contributed by atoms with Crippen LogP contribution in [0.1, 0.15) is 38.5 Å². The molecule has 0 aliphatic heterocycles. The highest BCUT2D eigenvalue weighted by molar-refractivity contribution is 7.80. The Morgan fingerprint density at radius 2 is 2.00 bits per heavy atom. The van der Waals surface area contributed by atoms with Gasteiger partial charge in [0.1, 0.15) is 0 Å². The largest absolute Gasteiger partial charge is 0.271 e. The van der Waals surface area contributed by atoms with E-state index in [1.807, 2.05) is 10.9 Å². The maximum atomic E-state index is 5.90. The Bertz CT molecular complexity index is 330. The maximum Gasteiger partial charge on any atom is 0.0785 e. The molecule has 1 heterocycles. The van der Waals surface area contributed by atoms with Crippen LogP contribution >= 0.6 is 24.2 Å². The van der Waals surface area contributed by atoms with Gasteiger partial charge < -0.3 is 0 Å². The van der Waals surface area contributed by atoms with Gasteiger partial charge in [0.2, 0.25) is 0 Å². The summed E-state index contributed by atoms with van der Waals surface area (Å²) in [6.45, 7) is 0.962. The number of hydrogen-bond acceptors (Lipinski definition) is 2. The van der Waals surface area contributed by atoms with Gasteiger partial charge in [0.15, 0.2) is 0 Å². The van der Waals surface area contributed by atoms with E-state index in [2.05, 4.69) is 17.7 Å². The molecule has 0 saturated heterocycles. The molecule has 1 fully saturated rings. The maximum absolute atomic E-state index is 5.90. The van der Waals surface area contributed by atoms with Crippen LogP contribution in [0.2, 0.25) is 5.02 Å². The molecule has 0 N–H and O–H groups in total. The first-order valence-corrected chi connectivity index (χ1v) is 7.04. The predicted octanol–water partition coefficient (Wildman–Crippen LogP) is 3.81. The van der Waals surface area contributed by atoms with Crippen LogP contribution in [0.5, 0.6) is 0 Å². The second kappa shape index (κ2) is 5.46. The van der Waals surface area contributed by atoms with Gasteiger partial charge in [-0.25, -0.2) is 0 Å². The van der Waals surface area contributed by atoms with E-state index in [4.69, 9.17) is 11.6 Å². The summed E-state index contributed by atoms with van der Waals surface area (Å²) in [6.07, 6.45) is 11.6. The zero-order valence-electron chi connectivity index (χ0n) is 9.53. The van der Waals surface area contributed by atoms with Crippen molar-refractivity contribution < 1.29 is 0 Å². The van der Waals surface area contributed by atoms with E-state index in [9.17, 15) is 0 Å². The van der Waals surface area contributed by atoms with Crippen molar-refractivity contribution in [3.63, 3.8) is 0 Å².